The first-order valence-electron chi connectivity index (χ1n) is 7.91. The Hall–Kier alpha value is -1.75. The van der Waals surface area contributed by atoms with Gasteiger partial charge in [0.25, 0.3) is 0 Å². The molecule has 1 amide bonds. The van der Waals surface area contributed by atoms with Gasteiger partial charge in [0.1, 0.15) is 0 Å². The summed E-state index contributed by atoms with van der Waals surface area (Å²) in [6.45, 7) is 5.30. The average molecular weight is 339 g/mol. The Morgan fingerprint density at radius 2 is 2.17 bits per heavy atom. The zero-order valence-electron chi connectivity index (χ0n) is 14.4. The maximum absolute atomic E-state index is 11.8. The third-order valence-corrected chi connectivity index (χ3v) is 3.77. The lowest BCUT2D eigenvalue weighted by Gasteiger charge is -2.22. The zero-order chi connectivity index (χ0) is 17.2. The average Bonchev–Trinajstić information content (AvgIpc) is 2.51. The lowest BCUT2D eigenvalue weighted by molar-refractivity contribution is -0.121. The van der Waals surface area contributed by atoms with E-state index in [-0.39, 0.29) is 11.9 Å². The van der Waals surface area contributed by atoms with Crippen molar-refractivity contribution in [1.29, 1.82) is 0 Å². The number of aliphatic imine (C=N–C) groups is 1. The van der Waals surface area contributed by atoms with Crippen molar-refractivity contribution in [2.75, 3.05) is 20.6 Å². The third-order valence-electron chi connectivity index (χ3n) is 3.54. The molecule has 23 heavy (non-hydrogen) atoms. The standard InChI is InChI=1S/C17H27ClN4O/c1-5-13(2)21-16(23)9-10-20-17(19-3)22(4)12-14-7-6-8-15(18)11-14/h6-8,11,13H,5,9-10,12H2,1-4H3,(H,19,20)(H,21,23). The Bertz CT molecular complexity index is 533. The first kappa shape index (κ1) is 19.3. The minimum absolute atomic E-state index is 0.0554. The van der Waals surface area contributed by atoms with Crippen LogP contribution in [0.25, 0.3) is 0 Å². The number of hydrogen-bond donors (Lipinski definition) is 2. The summed E-state index contributed by atoms with van der Waals surface area (Å²) in [6, 6.07) is 7.96. The molecule has 2 N–H and O–H groups in total. The monoisotopic (exact) mass is 338 g/mol. The SMILES string of the molecule is CCC(C)NC(=O)CCNC(=NC)N(C)Cc1cccc(Cl)c1. The smallest absolute Gasteiger partial charge is 0.221 e. The van der Waals surface area contributed by atoms with E-state index in [2.05, 4.69) is 22.5 Å². The van der Waals surface area contributed by atoms with Crippen molar-refractivity contribution in [2.45, 2.75) is 39.3 Å². The summed E-state index contributed by atoms with van der Waals surface area (Å²) in [4.78, 5) is 18.0. The van der Waals surface area contributed by atoms with Gasteiger partial charge in [-0.25, -0.2) is 0 Å². The molecular weight excluding hydrogens is 312 g/mol. The fourth-order valence-corrected chi connectivity index (χ4v) is 2.32. The molecule has 0 radical (unpaired) electrons. The second-order valence-corrected chi connectivity index (χ2v) is 6.02. The van der Waals surface area contributed by atoms with Crippen molar-refractivity contribution in [3.05, 3.63) is 34.9 Å². The van der Waals surface area contributed by atoms with Crippen LogP contribution in [0.5, 0.6) is 0 Å². The molecular formula is C17H27ClN4O. The molecule has 1 unspecified atom stereocenters. The molecule has 0 fully saturated rings. The number of halogens is 1. The zero-order valence-corrected chi connectivity index (χ0v) is 15.2. The molecule has 1 rings (SSSR count). The number of amides is 1. The number of nitrogens with zero attached hydrogens (tertiary/aromatic N) is 2. The van der Waals surface area contributed by atoms with Crippen molar-refractivity contribution in [2.24, 2.45) is 4.99 Å². The predicted octanol–water partition coefficient (Wildman–Crippen LogP) is 2.65. The summed E-state index contributed by atoms with van der Waals surface area (Å²) in [5.74, 6) is 0.807. The van der Waals surface area contributed by atoms with Gasteiger partial charge in [-0.2, -0.15) is 0 Å². The lowest BCUT2D eigenvalue weighted by atomic mass is 10.2. The molecule has 0 saturated heterocycles. The number of guanidine groups is 1. The van der Waals surface area contributed by atoms with Gasteiger partial charge in [0.05, 0.1) is 0 Å². The van der Waals surface area contributed by atoms with Crippen LogP contribution in [0.2, 0.25) is 5.02 Å². The highest BCUT2D eigenvalue weighted by molar-refractivity contribution is 6.30. The van der Waals surface area contributed by atoms with Gasteiger partial charge in [0.2, 0.25) is 5.91 Å². The fourth-order valence-electron chi connectivity index (χ4n) is 2.11. The normalized spacial score (nSPS) is 12.7. The van der Waals surface area contributed by atoms with Crippen LogP contribution in [-0.2, 0) is 11.3 Å². The van der Waals surface area contributed by atoms with Crippen molar-refractivity contribution < 1.29 is 4.79 Å². The van der Waals surface area contributed by atoms with Crippen molar-refractivity contribution in [3.8, 4) is 0 Å². The molecule has 0 aliphatic heterocycles. The number of carbonyl (C=O) groups excluding carboxylic acids is 1. The van der Waals surface area contributed by atoms with Crippen LogP contribution in [-0.4, -0.2) is 43.4 Å². The Labute approximate surface area is 144 Å². The highest BCUT2D eigenvalue weighted by atomic mass is 35.5. The van der Waals surface area contributed by atoms with E-state index in [4.69, 9.17) is 11.6 Å². The Balaban J connectivity index is 2.43. The van der Waals surface area contributed by atoms with Gasteiger partial charge in [-0.1, -0.05) is 30.7 Å². The van der Waals surface area contributed by atoms with Gasteiger partial charge < -0.3 is 15.5 Å². The first-order valence-corrected chi connectivity index (χ1v) is 8.29. The van der Waals surface area contributed by atoms with E-state index < -0.39 is 0 Å². The van der Waals surface area contributed by atoms with Crippen LogP contribution in [0.1, 0.15) is 32.3 Å². The van der Waals surface area contributed by atoms with Gasteiger partial charge in [0.15, 0.2) is 5.96 Å². The third kappa shape index (κ3) is 7.37. The van der Waals surface area contributed by atoms with E-state index in [1.807, 2.05) is 43.1 Å². The van der Waals surface area contributed by atoms with Gasteiger partial charge in [-0.15, -0.1) is 0 Å². The second kappa shape index (κ2) is 10.1. The van der Waals surface area contributed by atoms with E-state index in [9.17, 15) is 4.79 Å². The fraction of sp³-hybridized carbons (Fsp3) is 0.529. The van der Waals surface area contributed by atoms with Crippen LogP contribution in [0.15, 0.2) is 29.3 Å². The van der Waals surface area contributed by atoms with Crippen molar-refractivity contribution >= 4 is 23.5 Å². The van der Waals surface area contributed by atoms with E-state index in [0.29, 0.717) is 19.5 Å². The Kier molecular flexibility index (Phi) is 8.48. The molecule has 0 saturated carbocycles. The van der Waals surface area contributed by atoms with Gasteiger partial charge in [-0.3, -0.25) is 9.79 Å². The van der Waals surface area contributed by atoms with E-state index in [0.717, 1.165) is 23.0 Å². The minimum atomic E-state index is 0.0554. The molecule has 0 heterocycles. The molecule has 0 bridgehead atoms. The molecule has 1 atom stereocenters. The van der Waals surface area contributed by atoms with Crippen molar-refractivity contribution in [3.63, 3.8) is 0 Å². The largest absolute Gasteiger partial charge is 0.356 e. The number of carbonyl (C=O) groups is 1. The molecule has 0 aromatic heterocycles. The summed E-state index contributed by atoms with van der Waals surface area (Å²) < 4.78 is 0. The first-order chi connectivity index (χ1) is 11.0. The van der Waals surface area contributed by atoms with E-state index in [1.165, 1.54) is 0 Å². The number of rotatable bonds is 7. The quantitative estimate of drug-likeness (QED) is 0.593. The summed E-state index contributed by atoms with van der Waals surface area (Å²) in [5, 5.41) is 6.88. The van der Waals surface area contributed by atoms with Gasteiger partial charge >= 0.3 is 0 Å². The van der Waals surface area contributed by atoms with Crippen LogP contribution in [0.3, 0.4) is 0 Å². The Morgan fingerprint density at radius 3 is 2.78 bits per heavy atom. The van der Waals surface area contributed by atoms with Gasteiger partial charge in [-0.05, 0) is 31.0 Å². The molecule has 1 aromatic rings. The molecule has 1 aromatic carbocycles. The number of nitrogens with one attached hydrogen (secondary N) is 2. The maximum atomic E-state index is 11.8. The number of hydrogen-bond acceptors (Lipinski definition) is 2. The summed E-state index contributed by atoms with van der Waals surface area (Å²) in [6.07, 6.45) is 1.36. The molecule has 128 valence electrons. The highest BCUT2D eigenvalue weighted by Gasteiger charge is 2.09. The summed E-state index contributed by atoms with van der Waals surface area (Å²) >= 11 is 6.00. The Morgan fingerprint density at radius 1 is 1.43 bits per heavy atom. The molecule has 6 heteroatoms. The molecule has 5 nitrogen and oxygen atoms in total. The minimum Gasteiger partial charge on any atom is -0.356 e. The lowest BCUT2D eigenvalue weighted by Crippen LogP contribution is -2.41. The van der Waals surface area contributed by atoms with Crippen LogP contribution < -0.4 is 10.6 Å². The highest BCUT2D eigenvalue weighted by Crippen LogP contribution is 2.12. The predicted molar refractivity (Wildman–Crippen MR) is 96.8 cm³/mol. The van der Waals surface area contributed by atoms with Crippen LogP contribution >= 0.6 is 11.6 Å². The van der Waals surface area contributed by atoms with E-state index >= 15 is 0 Å². The number of benzene rings is 1. The van der Waals surface area contributed by atoms with E-state index in [1.54, 1.807) is 7.05 Å². The summed E-state index contributed by atoms with van der Waals surface area (Å²) in [5.41, 5.74) is 1.11. The molecule has 0 spiro atoms. The van der Waals surface area contributed by atoms with Gasteiger partial charge in [0, 0.05) is 44.7 Å². The molecule has 0 aliphatic rings. The van der Waals surface area contributed by atoms with Crippen LogP contribution in [0, 0.1) is 0 Å². The van der Waals surface area contributed by atoms with Crippen LogP contribution in [0.4, 0.5) is 0 Å². The maximum Gasteiger partial charge on any atom is 0.221 e. The summed E-state index contributed by atoms with van der Waals surface area (Å²) in [7, 11) is 3.69. The van der Waals surface area contributed by atoms with Crippen molar-refractivity contribution in [1.82, 2.24) is 15.5 Å². The topological polar surface area (TPSA) is 56.7 Å². The molecule has 0 aliphatic carbocycles. The second-order valence-electron chi connectivity index (χ2n) is 5.59.